The van der Waals surface area contributed by atoms with Gasteiger partial charge in [-0.2, -0.15) is 0 Å². The van der Waals surface area contributed by atoms with Gasteiger partial charge in [0.1, 0.15) is 5.75 Å². The van der Waals surface area contributed by atoms with Crippen LogP contribution in [0, 0.1) is 0 Å². The van der Waals surface area contributed by atoms with Gasteiger partial charge >= 0.3 is 5.69 Å². The molecule has 0 bridgehead atoms. The van der Waals surface area contributed by atoms with E-state index in [2.05, 4.69) is 9.97 Å². The van der Waals surface area contributed by atoms with Crippen LogP contribution in [-0.4, -0.2) is 19.6 Å². The molecule has 0 radical (unpaired) electrons. The average Bonchev–Trinajstić information content (AvgIpc) is 2.41. The third-order valence-corrected chi connectivity index (χ3v) is 2.79. The Kier molecular flexibility index (Phi) is 2.42. The number of nitrogens with zero attached hydrogens (tertiary/aromatic N) is 2. The predicted molar refractivity (Wildman–Crippen MR) is 69.6 cm³/mol. The SMILES string of the molecule is O=c1[nH]c2ccc(O)cc2c(=O)n1-c1cccnc1. The van der Waals surface area contributed by atoms with E-state index in [4.69, 9.17) is 0 Å². The van der Waals surface area contributed by atoms with Gasteiger partial charge < -0.3 is 10.1 Å². The summed E-state index contributed by atoms with van der Waals surface area (Å²) in [7, 11) is 0. The summed E-state index contributed by atoms with van der Waals surface area (Å²) in [6.07, 6.45) is 2.97. The van der Waals surface area contributed by atoms with Crippen LogP contribution in [0.2, 0.25) is 0 Å². The van der Waals surface area contributed by atoms with Crippen LogP contribution in [-0.2, 0) is 0 Å². The van der Waals surface area contributed by atoms with Crippen LogP contribution in [0.15, 0.2) is 52.3 Å². The summed E-state index contributed by atoms with van der Waals surface area (Å²) in [6, 6.07) is 7.46. The number of phenols is 1. The van der Waals surface area contributed by atoms with Crippen molar-refractivity contribution in [3.63, 3.8) is 0 Å². The highest BCUT2D eigenvalue weighted by molar-refractivity contribution is 5.79. The van der Waals surface area contributed by atoms with Crippen LogP contribution >= 0.6 is 0 Å². The molecule has 1 aromatic carbocycles. The zero-order valence-corrected chi connectivity index (χ0v) is 9.70. The lowest BCUT2D eigenvalue weighted by Gasteiger charge is -2.05. The maximum atomic E-state index is 12.3. The van der Waals surface area contributed by atoms with Gasteiger partial charge in [-0.05, 0) is 30.3 Å². The molecule has 3 aromatic rings. The first kappa shape index (κ1) is 11.2. The molecule has 0 aliphatic heterocycles. The molecule has 19 heavy (non-hydrogen) atoms. The number of hydrogen-bond acceptors (Lipinski definition) is 4. The highest BCUT2D eigenvalue weighted by Gasteiger charge is 2.09. The Morgan fingerprint density at radius 3 is 2.79 bits per heavy atom. The Hall–Kier alpha value is -2.89. The van der Waals surface area contributed by atoms with E-state index in [-0.39, 0.29) is 11.1 Å². The van der Waals surface area contributed by atoms with Gasteiger partial charge in [0.05, 0.1) is 22.8 Å². The summed E-state index contributed by atoms with van der Waals surface area (Å²) < 4.78 is 0.981. The van der Waals surface area contributed by atoms with Crippen molar-refractivity contribution in [2.75, 3.05) is 0 Å². The van der Waals surface area contributed by atoms with E-state index in [1.54, 1.807) is 18.3 Å². The Morgan fingerprint density at radius 1 is 1.21 bits per heavy atom. The summed E-state index contributed by atoms with van der Waals surface area (Å²) in [6.45, 7) is 0. The fourth-order valence-electron chi connectivity index (χ4n) is 1.92. The van der Waals surface area contributed by atoms with E-state index in [0.29, 0.717) is 11.2 Å². The number of aromatic nitrogens is 3. The van der Waals surface area contributed by atoms with E-state index < -0.39 is 11.2 Å². The zero-order valence-electron chi connectivity index (χ0n) is 9.70. The molecule has 2 heterocycles. The molecular formula is C13H9N3O3. The highest BCUT2D eigenvalue weighted by atomic mass is 16.3. The number of H-pyrrole nitrogens is 1. The first-order chi connectivity index (χ1) is 9.16. The van der Waals surface area contributed by atoms with Crippen LogP contribution in [0.5, 0.6) is 5.75 Å². The molecule has 0 saturated heterocycles. The minimum atomic E-state index is -0.545. The van der Waals surface area contributed by atoms with Gasteiger partial charge in [0, 0.05) is 6.20 Å². The molecule has 2 N–H and O–H groups in total. The number of aromatic amines is 1. The molecule has 94 valence electrons. The van der Waals surface area contributed by atoms with E-state index in [0.717, 1.165) is 4.57 Å². The van der Waals surface area contributed by atoms with E-state index in [1.165, 1.54) is 24.4 Å². The molecule has 0 unspecified atom stereocenters. The fraction of sp³-hybridized carbons (Fsp3) is 0. The molecule has 3 rings (SSSR count). The molecule has 0 amide bonds. The molecule has 0 fully saturated rings. The minimum Gasteiger partial charge on any atom is -0.508 e. The largest absolute Gasteiger partial charge is 0.508 e. The van der Waals surface area contributed by atoms with Crippen LogP contribution in [0.25, 0.3) is 16.6 Å². The van der Waals surface area contributed by atoms with E-state index in [1.807, 2.05) is 0 Å². The van der Waals surface area contributed by atoms with Crippen molar-refractivity contribution in [3.05, 3.63) is 63.6 Å². The molecule has 0 spiro atoms. The van der Waals surface area contributed by atoms with Crippen molar-refractivity contribution >= 4 is 10.9 Å². The smallest absolute Gasteiger partial charge is 0.333 e. The lowest BCUT2D eigenvalue weighted by Crippen LogP contribution is -2.33. The second-order valence-corrected chi connectivity index (χ2v) is 4.01. The number of phenolic OH excluding ortho intramolecular Hbond substituents is 1. The van der Waals surface area contributed by atoms with Crippen molar-refractivity contribution < 1.29 is 5.11 Å². The predicted octanol–water partition coefficient (Wildman–Crippen LogP) is 0.780. The fourth-order valence-corrected chi connectivity index (χ4v) is 1.92. The van der Waals surface area contributed by atoms with Crippen molar-refractivity contribution in [3.8, 4) is 11.4 Å². The number of fused-ring (bicyclic) bond motifs is 1. The minimum absolute atomic E-state index is 0.0330. The first-order valence-electron chi connectivity index (χ1n) is 5.55. The van der Waals surface area contributed by atoms with Gasteiger partial charge in [-0.25, -0.2) is 9.36 Å². The Balaban J connectivity index is 2.44. The molecule has 6 heteroatoms. The summed E-state index contributed by atoms with van der Waals surface area (Å²) in [5, 5.41) is 9.67. The number of rotatable bonds is 1. The van der Waals surface area contributed by atoms with Gasteiger partial charge in [0.2, 0.25) is 0 Å². The van der Waals surface area contributed by atoms with Gasteiger partial charge in [0.25, 0.3) is 5.56 Å². The van der Waals surface area contributed by atoms with E-state index >= 15 is 0 Å². The quantitative estimate of drug-likeness (QED) is 0.672. The van der Waals surface area contributed by atoms with Crippen molar-refractivity contribution in [2.24, 2.45) is 0 Å². The molecule has 0 atom stereocenters. The van der Waals surface area contributed by atoms with Gasteiger partial charge in [-0.3, -0.25) is 9.78 Å². The van der Waals surface area contributed by atoms with Crippen molar-refractivity contribution in [2.45, 2.75) is 0 Å². The first-order valence-corrected chi connectivity index (χ1v) is 5.55. The lowest BCUT2D eigenvalue weighted by molar-refractivity contribution is 0.476. The number of benzene rings is 1. The van der Waals surface area contributed by atoms with Gasteiger partial charge in [0.15, 0.2) is 0 Å². The van der Waals surface area contributed by atoms with Crippen molar-refractivity contribution in [1.29, 1.82) is 0 Å². The molecule has 0 aliphatic carbocycles. The second kappa shape index (κ2) is 4.09. The van der Waals surface area contributed by atoms with Crippen LogP contribution < -0.4 is 11.2 Å². The third-order valence-electron chi connectivity index (χ3n) is 2.79. The number of hydrogen-bond donors (Lipinski definition) is 2. The molecule has 2 aromatic heterocycles. The molecule has 0 saturated carbocycles. The number of aromatic hydroxyl groups is 1. The second-order valence-electron chi connectivity index (χ2n) is 4.01. The maximum Gasteiger partial charge on any atom is 0.333 e. The number of nitrogens with one attached hydrogen (secondary N) is 1. The molecule has 0 aliphatic rings. The van der Waals surface area contributed by atoms with Crippen LogP contribution in [0.1, 0.15) is 0 Å². The number of pyridine rings is 1. The Labute approximate surface area is 106 Å². The summed E-state index contributed by atoms with van der Waals surface area (Å²) in [5.74, 6) is -0.0330. The highest BCUT2D eigenvalue weighted by Crippen LogP contribution is 2.14. The van der Waals surface area contributed by atoms with Gasteiger partial charge in [-0.15, -0.1) is 0 Å². The standard InChI is InChI=1S/C13H9N3O3/c17-9-3-4-11-10(6-9)12(18)16(13(19)15-11)8-2-1-5-14-7-8/h1-7,17H,(H,15,19). The average molecular weight is 255 g/mol. The summed E-state index contributed by atoms with van der Waals surface area (Å²) >= 11 is 0. The normalized spacial score (nSPS) is 10.7. The van der Waals surface area contributed by atoms with Crippen molar-refractivity contribution in [1.82, 2.24) is 14.5 Å². The summed E-state index contributed by atoms with van der Waals surface area (Å²) in [4.78, 5) is 30.7. The summed E-state index contributed by atoms with van der Waals surface area (Å²) in [5.41, 5.74) is -0.286. The van der Waals surface area contributed by atoms with E-state index in [9.17, 15) is 14.7 Å². The zero-order chi connectivity index (χ0) is 13.4. The third kappa shape index (κ3) is 1.79. The Bertz CT molecular complexity index is 866. The maximum absolute atomic E-state index is 12.3. The van der Waals surface area contributed by atoms with Gasteiger partial charge in [-0.1, -0.05) is 0 Å². The lowest BCUT2D eigenvalue weighted by atomic mass is 10.2. The monoisotopic (exact) mass is 255 g/mol. The van der Waals surface area contributed by atoms with Crippen LogP contribution in [0.4, 0.5) is 0 Å². The molecule has 6 nitrogen and oxygen atoms in total. The molecular weight excluding hydrogens is 246 g/mol. The van der Waals surface area contributed by atoms with Crippen LogP contribution in [0.3, 0.4) is 0 Å². The Morgan fingerprint density at radius 2 is 2.05 bits per heavy atom. The topological polar surface area (TPSA) is 88.0 Å².